The summed E-state index contributed by atoms with van der Waals surface area (Å²) >= 11 is 1.48. The first-order chi connectivity index (χ1) is 9.10. The van der Waals surface area contributed by atoms with Crippen molar-refractivity contribution < 1.29 is 14.3 Å². The summed E-state index contributed by atoms with van der Waals surface area (Å²) in [6.45, 7) is 1.63. The third-order valence-corrected chi connectivity index (χ3v) is 3.59. The molecule has 0 bridgehead atoms. The molecule has 2 heterocycles. The second kappa shape index (κ2) is 5.16. The van der Waals surface area contributed by atoms with E-state index in [4.69, 9.17) is 15.2 Å². The summed E-state index contributed by atoms with van der Waals surface area (Å²) in [6.07, 6.45) is 0. The van der Waals surface area contributed by atoms with E-state index in [9.17, 15) is 10.1 Å². The molecule has 0 aromatic carbocycles. The number of nitriles is 1. The highest BCUT2D eigenvalue weighted by molar-refractivity contribution is 7.08. The number of carbonyl (C=O) groups excluding carboxylic acids is 1. The van der Waals surface area contributed by atoms with Gasteiger partial charge in [-0.05, 0) is 29.3 Å². The monoisotopic (exact) mass is 276 g/mol. The Morgan fingerprint density at radius 2 is 2.37 bits per heavy atom. The van der Waals surface area contributed by atoms with Crippen molar-refractivity contribution in [3.63, 3.8) is 0 Å². The topological polar surface area (TPSA) is 85.3 Å². The number of carbonyl (C=O) groups is 1. The van der Waals surface area contributed by atoms with Crippen LogP contribution in [-0.2, 0) is 14.3 Å². The number of esters is 1. The van der Waals surface area contributed by atoms with E-state index in [1.54, 1.807) is 6.92 Å². The van der Waals surface area contributed by atoms with E-state index in [1.165, 1.54) is 18.4 Å². The molecule has 6 heteroatoms. The first-order valence-corrected chi connectivity index (χ1v) is 6.43. The summed E-state index contributed by atoms with van der Waals surface area (Å²) in [7, 11) is 1.29. The lowest BCUT2D eigenvalue weighted by atomic mass is 9.84. The van der Waals surface area contributed by atoms with E-state index in [0.29, 0.717) is 11.3 Å². The SMILES string of the molecule is COC(=O)C1=C(C)OC(N)=C(C#N)[C@H]1c1ccsc1. The summed E-state index contributed by atoms with van der Waals surface area (Å²) < 4.78 is 10.0. The van der Waals surface area contributed by atoms with Gasteiger partial charge in [0.05, 0.1) is 18.6 Å². The highest BCUT2D eigenvalue weighted by Gasteiger charge is 2.36. The first-order valence-electron chi connectivity index (χ1n) is 5.49. The quantitative estimate of drug-likeness (QED) is 0.835. The number of nitrogens with two attached hydrogens (primary N) is 1. The molecule has 19 heavy (non-hydrogen) atoms. The van der Waals surface area contributed by atoms with Crippen LogP contribution in [0.2, 0.25) is 0 Å². The van der Waals surface area contributed by atoms with Crippen molar-refractivity contribution in [1.82, 2.24) is 0 Å². The van der Waals surface area contributed by atoms with Crippen molar-refractivity contribution >= 4 is 17.3 Å². The van der Waals surface area contributed by atoms with Gasteiger partial charge in [-0.25, -0.2) is 4.79 Å². The maximum atomic E-state index is 11.9. The number of hydrogen-bond donors (Lipinski definition) is 1. The van der Waals surface area contributed by atoms with E-state index in [-0.39, 0.29) is 11.5 Å². The Bertz CT molecular complexity index is 608. The molecular weight excluding hydrogens is 264 g/mol. The van der Waals surface area contributed by atoms with Crippen molar-refractivity contribution in [3.05, 3.63) is 45.2 Å². The summed E-state index contributed by atoms with van der Waals surface area (Å²) in [6, 6.07) is 3.86. The number of rotatable bonds is 2. The normalized spacial score (nSPS) is 18.9. The predicted molar refractivity (Wildman–Crippen MR) is 69.7 cm³/mol. The van der Waals surface area contributed by atoms with Gasteiger partial charge in [0, 0.05) is 0 Å². The van der Waals surface area contributed by atoms with Crippen molar-refractivity contribution in [2.75, 3.05) is 7.11 Å². The lowest BCUT2D eigenvalue weighted by Crippen LogP contribution is -2.24. The third kappa shape index (κ3) is 2.20. The zero-order chi connectivity index (χ0) is 14.0. The van der Waals surface area contributed by atoms with Gasteiger partial charge in [-0.15, -0.1) is 0 Å². The van der Waals surface area contributed by atoms with Crippen LogP contribution in [0.1, 0.15) is 18.4 Å². The van der Waals surface area contributed by atoms with Crippen molar-refractivity contribution in [2.45, 2.75) is 12.8 Å². The molecule has 0 amide bonds. The minimum Gasteiger partial charge on any atom is -0.466 e. The molecule has 5 nitrogen and oxygen atoms in total. The van der Waals surface area contributed by atoms with E-state index >= 15 is 0 Å². The molecule has 0 saturated heterocycles. The molecular formula is C13H12N2O3S. The smallest absolute Gasteiger partial charge is 0.338 e. The van der Waals surface area contributed by atoms with E-state index in [1.807, 2.05) is 22.9 Å². The number of ether oxygens (including phenoxy) is 2. The van der Waals surface area contributed by atoms with Gasteiger partial charge in [0.15, 0.2) is 0 Å². The van der Waals surface area contributed by atoms with Crippen LogP contribution in [0.15, 0.2) is 39.6 Å². The number of methoxy groups -OCH3 is 1. The van der Waals surface area contributed by atoms with Gasteiger partial charge in [-0.2, -0.15) is 16.6 Å². The molecule has 0 radical (unpaired) electrons. The van der Waals surface area contributed by atoms with Crippen LogP contribution >= 0.6 is 11.3 Å². The molecule has 0 spiro atoms. The van der Waals surface area contributed by atoms with Crippen LogP contribution in [0, 0.1) is 11.3 Å². The van der Waals surface area contributed by atoms with Gasteiger partial charge in [-0.1, -0.05) is 0 Å². The van der Waals surface area contributed by atoms with E-state index < -0.39 is 11.9 Å². The maximum absolute atomic E-state index is 11.9. The number of nitrogens with zero attached hydrogens (tertiary/aromatic N) is 1. The first kappa shape index (κ1) is 13.2. The van der Waals surface area contributed by atoms with Crippen LogP contribution in [0.5, 0.6) is 0 Å². The van der Waals surface area contributed by atoms with E-state index in [2.05, 4.69) is 0 Å². The van der Waals surface area contributed by atoms with Gasteiger partial charge >= 0.3 is 5.97 Å². The second-order valence-electron chi connectivity index (χ2n) is 3.94. The van der Waals surface area contributed by atoms with Crippen LogP contribution in [0.25, 0.3) is 0 Å². The second-order valence-corrected chi connectivity index (χ2v) is 4.72. The molecule has 98 valence electrons. The minimum absolute atomic E-state index is 0.0313. The molecule has 1 aromatic heterocycles. The minimum atomic E-state index is -0.530. The van der Waals surface area contributed by atoms with Gasteiger partial charge in [0.25, 0.3) is 0 Å². The molecule has 1 aliphatic heterocycles. The Kier molecular flexibility index (Phi) is 3.58. The van der Waals surface area contributed by atoms with Gasteiger partial charge in [0.2, 0.25) is 5.88 Å². The van der Waals surface area contributed by atoms with Gasteiger partial charge in [-0.3, -0.25) is 0 Å². The van der Waals surface area contributed by atoms with Crippen LogP contribution in [-0.4, -0.2) is 13.1 Å². The molecule has 2 rings (SSSR count). The Morgan fingerprint density at radius 1 is 1.63 bits per heavy atom. The summed E-state index contributed by atoms with van der Waals surface area (Å²) in [4.78, 5) is 11.9. The largest absolute Gasteiger partial charge is 0.466 e. The highest BCUT2D eigenvalue weighted by atomic mass is 32.1. The molecule has 2 N–H and O–H groups in total. The fourth-order valence-corrected chi connectivity index (χ4v) is 2.71. The Morgan fingerprint density at radius 3 is 2.89 bits per heavy atom. The summed E-state index contributed by atoms with van der Waals surface area (Å²) in [5.41, 5.74) is 7.10. The van der Waals surface area contributed by atoms with Crippen molar-refractivity contribution in [2.24, 2.45) is 5.73 Å². The molecule has 0 aliphatic carbocycles. The predicted octanol–water partition coefficient (Wildman–Crippen LogP) is 2.00. The lowest BCUT2D eigenvalue weighted by Gasteiger charge is -2.25. The fraction of sp³-hybridized carbons (Fsp3) is 0.231. The zero-order valence-corrected chi connectivity index (χ0v) is 11.3. The van der Waals surface area contributed by atoms with Crippen LogP contribution in [0.3, 0.4) is 0 Å². The maximum Gasteiger partial charge on any atom is 0.338 e. The molecule has 1 atom stereocenters. The number of hydrogen-bond acceptors (Lipinski definition) is 6. The molecule has 0 fully saturated rings. The average molecular weight is 276 g/mol. The van der Waals surface area contributed by atoms with Crippen molar-refractivity contribution in [1.29, 1.82) is 5.26 Å². The van der Waals surface area contributed by atoms with Crippen molar-refractivity contribution in [3.8, 4) is 6.07 Å². The standard InChI is InChI=1S/C13H12N2O3S/c1-7-10(13(16)17-2)11(8-3-4-19-6-8)9(5-14)12(15)18-7/h3-4,6,11H,15H2,1-2H3/t11-/m1/s1. The molecule has 1 aromatic rings. The van der Waals surface area contributed by atoms with E-state index in [0.717, 1.165) is 5.56 Å². The van der Waals surface area contributed by atoms with Crippen LogP contribution in [0.4, 0.5) is 0 Å². The van der Waals surface area contributed by atoms with Crippen LogP contribution < -0.4 is 5.73 Å². The molecule has 0 saturated carbocycles. The summed E-state index contributed by atoms with van der Waals surface area (Å²) in [5.74, 6) is -0.658. The summed E-state index contributed by atoms with van der Waals surface area (Å²) in [5, 5.41) is 13.0. The molecule has 0 unspecified atom stereocenters. The zero-order valence-electron chi connectivity index (χ0n) is 10.5. The van der Waals surface area contributed by atoms with Gasteiger partial charge in [0.1, 0.15) is 17.4 Å². The fourth-order valence-electron chi connectivity index (χ4n) is 2.03. The third-order valence-electron chi connectivity index (χ3n) is 2.89. The average Bonchev–Trinajstić information content (AvgIpc) is 2.90. The lowest BCUT2D eigenvalue weighted by molar-refractivity contribution is -0.136. The Hall–Kier alpha value is -2.26. The number of thiophene rings is 1. The van der Waals surface area contributed by atoms with Gasteiger partial charge < -0.3 is 15.2 Å². The highest BCUT2D eigenvalue weighted by Crippen LogP contribution is 2.39. The molecule has 1 aliphatic rings. The Labute approximate surface area is 114 Å². The Balaban J connectivity index is 2.61. The number of allylic oxidation sites excluding steroid dienone is 2.